The largest absolute Gasteiger partial charge is 0.481 e. The van der Waals surface area contributed by atoms with Gasteiger partial charge in [0.05, 0.1) is 12.5 Å². The second-order valence-electron chi connectivity index (χ2n) is 9.29. The number of nitrogens with one attached hydrogen (secondary N) is 2. The minimum absolute atomic E-state index is 0.00918. The summed E-state index contributed by atoms with van der Waals surface area (Å²) in [6.07, 6.45) is 1.02. The highest BCUT2D eigenvalue weighted by atomic mass is 16.5. The summed E-state index contributed by atoms with van der Waals surface area (Å²) in [5.41, 5.74) is 4.48. The molecular formula is C27H32N2O6. The zero-order valence-corrected chi connectivity index (χ0v) is 20.0. The van der Waals surface area contributed by atoms with E-state index < -0.39 is 30.1 Å². The van der Waals surface area contributed by atoms with Gasteiger partial charge in [-0.05, 0) is 47.9 Å². The number of alkyl carbamates (subject to hydrolysis) is 1. The molecule has 2 aromatic rings. The number of carbonyl (C=O) groups excluding carboxylic acids is 2. The Kier molecular flexibility index (Phi) is 7.70. The van der Waals surface area contributed by atoms with Crippen LogP contribution in [0.3, 0.4) is 0 Å². The normalized spacial score (nSPS) is 20.4. The highest BCUT2D eigenvalue weighted by Gasteiger charge is 2.35. The summed E-state index contributed by atoms with van der Waals surface area (Å²) in [5.74, 6) is -1.50. The second-order valence-corrected chi connectivity index (χ2v) is 9.29. The van der Waals surface area contributed by atoms with Crippen LogP contribution in [0.15, 0.2) is 48.5 Å². The maximum absolute atomic E-state index is 13.0. The van der Waals surface area contributed by atoms with Crippen molar-refractivity contribution in [3.63, 3.8) is 0 Å². The Morgan fingerprint density at radius 3 is 2.26 bits per heavy atom. The fraction of sp³-hybridized carbons (Fsp3) is 0.444. The summed E-state index contributed by atoms with van der Waals surface area (Å²) < 4.78 is 10.9. The summed E-state index contributed by atoms with van der Waals surface area (Å²) in [7, 11) is 1.47. The van der Waals surface area contributed by atoms with Crippen LogP contribution in [0, 0.1) is 5.92 Å². The molecule has 2 amide bonds. The summed E-state index contributed by atoms with van der Waals surface area (Å²) in [6.45, 7) is 1.83. The SMILES string of the molecule is CO[C@H](C)[C@H](NC(=O)OCC1c2ccccc2-c2ccccc21)C(=O)N[C@@H]1CCC[C@H]1CC(=O)O. The third-order valence-electron chi connectivity index (χ3n) is 7.16. The molecule has 0 aromatic heterocycles. The van der Waals surface area contributed by atoms with Crippen LogP contribution in [0.4, 0.5) is 4.79 Å². The van der Waals surface area contributed by atoms with Crippen LogP contribution in [0.5, 0.6) is 0 Å². The van der Waals surface area contributed by atoms with Gasteiger partial charge < -0.3 is 25.2 Å². The van der Waals surface area contributed by atoms with Gasteiger partial charge in [0.15, 0.2) is 0 Å². The molecule has 0 spiro atoms. The average Bonchev–Trinajstić information content (AvgIpc) is 3.41. The predicted octanol–water partition coefficient (Wildman–Crippen LogP) is 3.69. The quantitative estimate of drug-likeness (QED) is 0.504. The highest BCUT2D eigenvalue weighted by Crippen LogP contribution is 2.44. The van der Waals surface area contributed by atoms with E-state index in [0.717, 1.165) is 35.1 Å². The minimum Gasteiger partial charge on any atom is -0.481 e. The second kappa shape index (κ2) is 10.9. The number of aliphatic carboxylic acids is 1. The van der Waals surface area contributed by atoms with E-state index in [1.807, 2.05) is 36.4 Å². The van der Waals surface area contributed by atoms with Crippen molar-refractivity contribution in [3.05, 3.63) is 59.7 Å². The van der Waals surface area contributed by atoms with E-state index in [2.05, 4.69) is 22.8 Å². The van der Waals surface area contributed by atoms with Gasteiger partial charge in [-0.2, -0.15) is 0 Å². The lowest BCUT2D eigenvalue weighted by Gasteiger charge is -2.27. The molecule has 1 fully saturated rings. The van der Waals surface area contributed by atoms with Crippen molar-refractivity contribution >= 4 is 18.0 Å². The number of amides is 2. The number of carboxylic acids is 1. The van der Waals surface area contributed by atoms with Crippen molar-refractivity contribution in [1.82, 2.24) is 10.6 Å². The molecule has 8 heteroatoms. The zero-order valence-electron chi connectivity index (χ0n) is 20.0. The Bertz CT molecular complexity index is 1040. The van der Waals surface area contributed by atoms with Gasteiger partial charge in [-0.15, -0.1) is 0 Å². The molecule has 2 aliphatic carbocycles. The first-order chi connectivity index (χ1) is 16.9. The Morgan fingerprint density at radius 2 is 1.66 bits per heavy atom. The number of hydrogen-bond donors (Lipinski definition) is 3. The van der Waals surface area contributed by atoms with Crippen molar-refractivity contribution < 1.29 is 29.0 Å². The van der Waals surface area contributed by atoms with Gasteiger partial charge in [0.2, 0.25) is 5.91 Å². The molecule has 2 aromatic carbocycles. The number of methoxy groups -OCH3 is 1. The third-order valence-corrected chi connectivity index (χ3v) is 7.16. The Labute approximate surface area is 205 Å². The van der Waals surface area contributed by atoms with Crippen LogP contribution >= 0.6 is 0 Å². The van der Waals surface area contributed by atoms with Gasteiger partial charge in [-0.3, -0.25) is 9.59 Å². The van der Waals surface area contributed by atoms with Gasteiger partial charge in [-0.25, -0.2) is 4.79 Å². The number of benzene rings is 2. The Balaban J connectivity index is 1.40. The topological polar surface area (TPSA) is 114 Å². The van der Waals surface area contributed by atoms with Crippen LogP contribution in [0.1, 0.15) is 49.7 Å². The summed E-state index contributed by atoms with van der Waals surface area (Å²) in [5, 5.41) is 14.7. The zero-order chi connectivity index (χ0) is 24.9. The van der Waals surface area contributed by atoms with Crippen molar-refractivity contribution in [3.8, 4) is 11.1 Å². The molecule has 3 N–H and O–H groups in total. The summed E-state index contributed by atoms with van der Waals surface area (Å²) in [4.78, 5) is 37.0. The molecule has 2 aliphatic rings. The fourth-order valence-corrected chi connectivity index (χ4v) is 5.27. The standard InChI is InChI=1S/C27H32N2O6/c1-16(34-2)25(26(32)28-23-13-7-8-17(23)14-24(30)31)29-27(33)35-15-22-20-11-5-3-9-18(20)19-10-4-6-12-21(19)22/h3-6,9-12,16-17,22-23,25H,7-8,13-15H2,1-2H3,(H,28,32)(H,29,33)(H,30,31)/t16-,17+,23-,25+/m1/s1. The van der Waals surface area contributed by atoms with Crippen LogP contribution in [-0.4, -0.2) is 55.0 Å². The number of ether oxygens (including phenoxy) is 2. The van der Waals surface area contributed by atoms with Crippen molar-refractivity contribution in [2.24, 2.45) is 5.92 Å². The molecule has 0 radical (unpaired) electrons. The monoisotopic (exact) mass is 480 g/mol. The van der Waals surface area contributed by atoms with E-state index in [9.17, 15) is 14.4 Å². The first-order valence-electron chi connectivity index (χ1n) is 12.1. The van der Waals surface area contributed by atoms with Gasteiger partial charge in [0, 0.05) is 19.1 Å². The lowest BCUT2D eigenvalue weighted by molar-refractivity contribution is -0.138. The Morgan fingerprint density at radius 1 is 1.03 bits per heavy atom. The molecule has 8 nitrogen and oxygen atoms in total. The smallest absolute Gasteiger partial charge is 0.407 e. The van der Waals surface area contributed by atoms with E-state index >= 15 is 0 Å². The number of fused-ring (bicyclic) bond motifs is 3. The summed E-state index contributed by atoms with van der Waals surface area (Å²) >= 11 is 0. The molecule has 1 saturated carbocycles. The molecule has 4 rings (SSSR count). The first-order valence-corrected chi connectivity index (χ1v) is 12.1. The van der Waals surface area contributed by atoms with Gasteiger partial charge >= 0.3 is 12.1 Å². The van der Waals surface area contributed by atoms with Gasteiger partial charge in [0.1, 0.15) is 12.6 Å². The molecule has 0 aliphatic heterocycles. The summed E-state index contributed by atoms with van der Waals surface area (Å²) in [6, 6.07) is 14.9. The van der Waals surface area contributed by atoms with Gasteiger partial charge in [0.25, 0.3) is 0 Å². The number of carbonyl (C=O) groups is 3. The number of carboxylic acid groups (broad SMARTS) is 1. The van der Waals surface area contributed by atoms with Crippen LogP contribution in [-0.2, 0) is 19.1 Å². The lowest BCUT2D eigenvalue weighted by atomic mass is 9.98. The molecule has 186 valence electrons. The third kappa shape index (κ3) is 5.48. The van der Waals surface area contributed by atoms with E-state index in [0.29, 0.717) is 6.42 Å². The van der Waals surface area contributed by atoms with Crippen LogP contribution in [0.2, 0.25) is 0 Å². The van der Waals surface area contributed by atoms with Crippen molar-refractivity contribution in [1.29, 1.82) is 0 Å². The maximum Gasteiger partial charge on any atom is 0.407 e. The molecule has 0 saturated heterocycles. The Hall–Kier alpha value is -3.39. The average molecular weight is 481 g/mol. The molecule has 0 heterocycles. The van der Waals surface area contributed by atoms with E-state index in [-0.39, 0.29) is 30.9 Å². The lowest BCUT2D eigenvalue weighted by Crippen LogP contribution is -2.55. The molecule has 4 atom stereocenters. The van der Waals surface area contributed by atoms with E-state index in [1.165, 1.54) is 7.11 Å². The molecule has 35 heavy (non-hydrogen) atoms. The number of rotatable bonds is 9. The fourth-order valence-electron chi connectivity index (χ4n) is 5.27. The van der Waals surface area contributed by atoms with E-state index in [4.69, 9.17) is 14.6 Å². The number of hydrogen-bond acceptors (Lipinski definition) is 5. The van der Waals surface area contributed by atoms with Crippen molar-refractivity contribution in [2.75, 3.05) is 13.7 Å². The van der Waals surface area contributed by atoms with Crippen LogP contribution < -0.4 is 10.6 Å². The van der Waals surface area contributed by atoms with Crippen LogP contribution in [0.25, 0.3) is 11.1 Å². The molecule has 0 bridgehead atoms. The molecular weight excluding hydrogens is 448 g/mol. The first kappa shape index (κ1) is 24.7. The van der Waals surface area contributed by atoms with Crippen molar-refractivity contribution in [2.45, 2.75) is 56.7 Å². The van der Waals surface area contributed by atoms with E-state index in [1.54, 1.807) is 6.92 Å². The predicted molar refractivity (Wildman–Crippen MR) is 130 cm³/mol. The molecule has 0 unspecified atom stereocenters. The van der Waals surface area contributed by atoms with Gasteiger partial charge in [-0.1, -0.05) is 55.0 Å². The minimum atomic E-state index is -0.971. The highest BCUT2D eigenvalue weighted by molar-refractivity contribution is 5.86. The maximum atomic E-state index is 13.0.